The Labute approximate surface area is 242 Å². The van der Waals surface area contributed by atoms with Crippen molar-refractivity contribution in [3.8, 4) is 6.07 Å². The minimum absolute atomic E-state index is 0.123. The molecule has 1 amide bonds. The monoisotopic (exact) mass is 577 g/mol. The smallest absolute Gasteiger partial charge is 0.348 e. The molecule has 2 heterocycles. The summed E-state index contributed by atoms with van der Waals surface area (Å²) in [5, 5.41) is 13.4. The molecule has 1 aliphatic carbocycles. The van der Waals surface area contributed by atoms with E-state index in [1.54, 1.807) is 20.8 Å². The lowest BCUT2D eigenvalue weighted by molar-refractivity contribution is -0.115. The molecule has 1 aromatic carbocycles. The van der Waals surface area contributed by atoms with Gasteiger partial charge in [0.05, 0.1) is 24.3 Å². The van der Waals surface area contributed by atoms with Crippen molar-refractivity contribution >= 4 is 45.9 Å². The predicted molar refractivity (Wildman–Crippen MR) is 155 cm³/mol. The summed E-state index contributed by atoms with van der Waals surface area (Å²) in [6.07, 6.45) is 2.81. The first-order valence-corrected chi connectivity index (χ1v) is 15.0. The van der Waals surface area contributed by atoms with Gasteiger partial charge in [-0.3, -0.25) is 4.79 Å². The summed E-state index contributed by atoms with van der Waals surface area (Å²) in [6.45, 7) is 5.37. The molecule has 1 aliphatic rings. The van der Waals surface area contributed by atoms with Gasteiger partial charge in [-0.25, -0.2) is 14.6 Å². The summed E-state index contributed by atoms with van der Waals surface area (Å²) in [5.74, 6) is -0.680. The van der Waals surface area contributed by atoms with Crippen LogP contribution in [0.3, 0.4) is 0 Å². The maximum atomic E-state index is 12.8. The molecule has 0 spiro atoms. The quantitative estimate of drug-likeness (QED) is 0.228. The van der Waals surface area contributed by atoms with Crippen LogP contribution in [0.15, 0.2) is 41.4 Å². The molecule has 10 heteroatoms. The second kappa shape index (κ2) is 13.6. The van der Waals surface area contributed by atoms with Crippen LogP contribution in [0, 0.1) is 18.3 Å². The number of thiophene rings is 1. The number of thioether (sulfide) groups is 1. The van der Waals surface area contributed by atoms with Crippen LogP contribution in [0.5, 0.6) is 0 Å². The lowest BCUT2D eigenvalue weighted by Gasteiger charge is -2.25. The number of aromatic nitrogens is 1. The second-order valence-electron chi connectivity index (χ2n) is 9.26. The van der Waals surface area contributed by atoms with Crippen LogP contribution in [-0.4, -0.2) is 41.8 Å². The Morgan fingerprint density at radius 2 is 1.88 bits per heavy atom. The molecule has 0 bridgehead atoms. The van der Waals surface area contributed by atoms with E-state index in [1.165, 1.54) is 17.3 Å². The number of carbonyl (C=O) groups is 3. The molecular weight excluding hydrogens is 546 g/mol. The van der Waals surface area contributed by atoms with E-state index in [0.717, 1.165) is 41.9 Å². The van der Waals surface area contributed by atoms with Crippen molar-refractivity contribution in [3.63, 3.8) is 0 Å². The number of ether oxygens (including phenoxy) is 2. The highest BCUT2D eigenvalue weighted by atomic mass is 32.2. The summed E-state index contributed by atoms with van der Waals surface area (Å²) in [4.78, 5) is 42.8. The third-order valence-electron chi connectivity index (χ3n) is 6.65. The molecule has 0 saturated carbocycles. The fourth-order valence-electron chi connectivity index (χ4n) is 4.72. The van der Waals surface area contributed by atoms with Gasteiger partial charge >= 0.3 is 11.9 Å². The van der Waals surface area contributed by atoms with E-state index in [2.05, 4.69) is 35.7 Å². The fraction of sp³-hybridized carbons (Fsp3) is 0.367. The molecule has 3 aromatic rings. The largest absolute Gasteiger partial charge is 0.462 e. The number of nitriles is 1. The molecule has 1 N–H and O–H groups in total. The highest BCUT2D eigenvalue weighted by Crippen LogP contribution is 2.36. The number of anilines is 1. The van der Waals surface area contributed by atoms with Gasteiger partial charge in [0.25, 0.3) is 0 Å². The van der Waals surface area contributed by atoms with Gasteiger partial charge in [0.1, 0.15) is 21.0 Å². The highest BCUT2D eigenvalue weighted by molar-refractivity contribution is 7.99. The molecule has 4 rings (SSSR count). The number of rotatable bonds is 10. The number of hydrogen-bond donors (Lipinski definition) is 1. The summed E-state index contributed by atoms with van der Waals surface area (Å²) in [7, 11) is 0. The number of pyridine rings is 1. The predicted octanol–water partition coefficient (Wildman–Crippen LogP) is 6.07. The molecule has 0 aliphatic heterocycles. The van der Waals surface area contributed by atoms with Gasteiger partial charge < -0.3 is 14.8 Å². The highest BCUT2D eigenvalue weighted by Gasteiger charge is 2.27. The first-order chi connectivity index (χ1) is 19.4. The van der Waals surface area contributed by atoms with Crippen LogP contribution in [-0.2, 0) is 27.1 Å². The van der Waals surface area contributed by atoms with Crippen molar-refractivity contribution in [1.29, 1.82) is 5.26 Å². The zero-order valence-electron chi connectivity index (χ0n) is 22.7. The summed E-state index contributed by atoms with van der Waals surface area (Å²) < 4.78 is 10.2. The van der Waals surface area contributed by atoms with Crippen molar-refractivity contribution in [2.24, 2.45) is 0 Å². The second-order valence-corrected chi connectivity index (χ2v) is 11.4. The molecule has 1 atom stereocenters. The minimum Gasteiger partial charge on any atom is -0.462 e. The number of benzene rings is 1. The van der Waals surface area contributed by atoms with Crippen molar-refractivity contribution in [1.82, 2.24) is 4.98 Å². The average molecular weight is 578 g/mol. The van der Waals surface area contributed by atoms with E-state index in [-0.39, 0.29) is 41.0 Å². The van der Waals surface area contributed by atoms with Crippen molar-refractivity contribution < 1.29 is 23.9 Å². The van der Waals surface area contributed by atoms with Gasteiger partial charge in [-0.2, -0.15) is 5.26 Å². The number of amides is 1. The Morgan fingerprint density at radius 1 is 1.15 bits per heavy atom. The van der Waals surface area contributed by atoms with Gasteiger partial charge in [0.15, 0.2) is 0 Å². The van der Waals surface area contributed by atoms with Crippen LogP contribution < -0.4 is 5.32 Å². The van der Waals surface area contributed by atoms with E-state index in [0.29, 0.717) is 27.8 Å². The van der Waals surface area contributed by atoms with Gasteiger partial charge in [-0.1, -0.05) is 30.3 Å². The molecule has 0 radical (unpaired) electrons. The Bertz CT molecular complexity index is 1450. The van der Waals surface area contributed by atoms with Crippen molar-refractivity contribution in [2.45, 2.75) is 57.4 Å². The first-order valence-electron chi connectivity index (χ1n) is 13.2. The van der Waals surface area contributed by atoms with Crippen LogP contribution in [0.4, 0.5) is 5.00 Å². The van der Waals surface area contributed by atoms with Crippen molar-refractivity contribution in [3.05, 3.63) is 74.8 Å². The summed E-state index contributed by atoms with van der Waals surface area (Å²) in [6, 6.07) is 14.6. The Balaban J connectivity index is 1.42. The zero-order chi connectivity index (χ0) is 28.6. The van der Waals surface area contributed by atoms with Crippen LogP contribution in [0.25, 0.3) is 0 Å². The third kappa shape index (κ3) is 6.72. The number of nitrogens with zero attached hydrogens (tertiary/aromatic N) is 2. The number of esters is 2. The lowest BCUT2D eigenvalue weighted by atomic mass is 9.82. The minimum atomic E-state index is -0.608. The third-order valence-corrected chi connectivity index (χ3v) is 8.83. The molecule has 8 nitrogen and oxygen atoms in total. The van der Waals surface area contributed by atoms with E-state index in [9.17, 15) is 19.6 Å². The first kappa shape index (κ1) is 29.3. The molecule has 208 valence electrons. The van der Waals surface area contributed by atoms with E-state index < -0.39 is 11.9 Å². The number of fused-ring (bicyclic) bond motifs is 1. The van der Waals surface area contributed by atoms with Gasteiger partial charge in [0.2, 0.25) is 5.91 Å². The topological polar surface area (TPSA) is 118 Å². The summed E-state index contributed by atoms with van der Waals surface area (Å²) >= 11 is 2.36. The maximum absolute atomic E-state index is 12.8. The molecule has 40 heavy (non-hydrogen) atoms. The van der Waals surface area contributed by atoms with Gasteiger partial charge in [-0.15, -0.1) is 23.1 Å². The lowest BCUT2D eigenvalue weighted by Crippen LogP contribution is -2.16. The number of aryl methyl sites for hydroxylation is 1. The molecule has 0 saturated heterocycles. The van der Waals surface area contributed by atoms with Crippen LogP contribution in [0.1, 0.15) is 80.6 Å². The van der Waals surface area contributed by atoms with E-state index >= 15 is 0 Å². The van der Waals surface area contributed by atoms with Gasteiger partial charge in [0, 0.05) is 17.9 Å². The fourth-order valence-corrected chi connectivity index (χ4v) is 6.74. The molecular formula is C30H31N3O5S2. The molecule has 1 unspecified atom stereocenters. The Morgan fingerprint density at radius 3 is 2.58 bits per heavy atom. The van der Waals surface area contributed by atoms with Crippen LogP contribution >= 0.6 is 23.1 Å². The standard InChI is InChI=1S/C30H31N3O5S2/c1-4-37-29(35)25-18(3)26(30(36)38-5-2)40-28(25)33-24(34)13-14-39-27-22(17-31)16-21-15-20(11-12-23(21)32-27)19-9-7-6-8-10-19/h6-10,16,20H,4-5,11-15H2,1-3H3,(H,33,34). The summed E-state index contributed by atoms with van der Waals surface area (Å²) in [5.41, 5.74) is 4.51. The van der Waals surface area contributed by atoms with Crippen molar-refractivity contribution in [2.75, 3.05) is 24.3 Å². The SMILES string of the molecule is CCOC(=O)c1sc(NC(=O)CCSc2nc3c(cc2C#N)CC(c2ccccc2)CC3)c(C(=O)OCC)c1C. The molecule has 2 aromatic heterocycles. The van der Waals surface area contributed by atoms with Gasteiger partial charge in [-0.05, 0) is 68.7 Å². The number of hydrogen-bond acceptors (Lipinski definition) is 9. The normalized spacial score (nSPS) is 14.1. The van der Waals surface area contributed by atoms with Crippen LogP contribution in [0.2, 0.25) is 0 Å². The Hall–Kier alpha value is -3.68. The Kier molecular flexibility index (Phi) is 9.96. The zero-order valence-corrected chi connectivity index (χ0v) is 24.4. The average Bonchev–Trinajstić information content (AvgIpc) is 3.28. The molecule has 0 fully saturated rings. The maximum Gasteiger partial charge on any atom is 0.348 e. The number of carbonyl (C=O) groups excluding carboxylic acids is 3. The number of nitrogens with one attached hydrogen (secondary N) is 1. The van der Waals surface area contributed by atoms with E-state index in [4.69, 9.17) is 14.5 Å². The van der Waals surface area contributed by atoms with E-state index in [1.807, 2.05) is 12.1 Å².